The summed E-state index contributed by atoms with van der Waals surface area (Å²) < 4.78 is 12.2. The van der Waals surface area contributed by atoms with Crippen LogP contribution in [0, 0.1) is 29.1 Å². The average Bonchev–Trinajstić information content (AvgIpc) is 3.58. The van der Waals surface area contributed by atoms with Crippen molar-refractivity contribution in [3.63, 3.8) is 0 Å². The number of cyclic esters (lactones) is 2. The molecule has 1 spiro atoms. The Morgan fingerprint density at radius 3 is 2.55 bits per heavy atom. The third-order valence-corrected chi connectivity index (χ3v) is 11.3. The summed E-state index contributed by atoms with van der Waals surface area (Å²) in [7, 11) is 0. The number of phenols is 1. The molecule has 1 saturated carbocycles. The van der Waals surface area contributed by atoms with Crippen molar-refractivity contribution in [1.29, 1.82) is 0 Å². The van der Waals surface area contributed by atoms with Gasteiger partial charge >= 0.3 is 11.9 Å². The van der Waals surface area contributed by atoms with E-state index in [2.05, 4.69) is 13.0 Å². The Hall–Kier alpha value is -3.94. The molecule has 0 radical (unpaired) electrons. The van der Waals surface area contributed by atoms with Crippen LogP contribution < -0.4 is 0 Å². The Morgan fingerprint density at radius 2 is 1.79 bits per heavy atom. The maximum Gasteiger partial charge on any atom is 0.340 e. The molecule has 3 N–H and O–H groups in total. The van der Waals surface area contributed by atoms with Crippen LogP contribution in [0.4, 0.5) is 0 Å². The summed E-state index contributed by atoms with van der Waals surface area (Å²) in [6.45, 7) is 2.27. The van der Waals surface area contributed by atoms with E-state index in [1.165, 1.54) is 0 Å². The van der Waals surface area contributed by atoms with Crippen LogP contribution in [0.5, 0.6) is 5.75 Å². The van der Waals surface area contributed by atoms with E-state index in [1.54, 1.807) is 12.1 Å². The Kier molecular flexibility index (Phi) is 8.71. The number of allylic oxidation sites excluding steroid dienone is 5. The highest BCUT2D eigenvalue weighted by Crippen LogP contribution is 2.72. The molecule has 0 aromatic heterocycles. The Bertz CT molecular complexity index is 1700. The lowest BCUT2D eigenvalue weighted by Crippen LogP contribution is -2.52. The number of fused-ring (bicyclic) bond motifs is 1. The standard InChI is InChI=1S/C40H44O7/c1-2-3-12-33-40-20-19-28(34(37(40)39(45)47-33)31-22-26(43)14-15-27(31)25-10-5-4-6-11-25)29-16-17-30-32(46-38(44)35(30)36(29)40)18-13-24(23-42)9-7-8-21-41/h4-6,10-12,14-15,18,22,24,28-29,36,41-43H,2-3,7-9,13,16-17,19-21,23H2,1H3. The Balaban J connectivity index is 1.38. The maximum atomic E-state index is 14.1. The Labute approximate surface area is 276 Å². The van der Waals surface area contributed by atoms with Crippen LogP contribution in [0.3, 0.4) is 0 Å². The quantitative estimate of drug-likeness (QED) is 0.174. The highest BCUT2D eigenvalue weighted by atomic mass is 16.5. The van der Waals surface area contributed by atoms with Gasteiger partial charge in [0.15, 0.2) is 0 Å². The number of phenolic OH excluding ortho intramolecular Hbond substituents is 1. The molecular weight excluding hydrogens is 592 g/mol. The summed E-state index contributed by atoms with van der Waals surface area (Å²) >= 11 is 0. The van der Waals surface area contributed by atoms with Gasteiger partial charge in [-0.15, -0.1) is 0 Å². The van der Waals surface area contributed by atoms with Gasteiger partial charge in [0.1, 0.15) is 17.3 Å². The molecule has 2 aromatic carbocycles. The minimum atomic E-state index is -0.784. The number of benzene rings is 2. The first-order valence-corrected chi connectivity index (χ1v) is 17.4. The zero-order valence-corrected chi connectivity index (χ0v) is 27.0. The summed E-state index contributed by atoms with van der Waals surface area (Å²) in [6.07, 6.45) is 11.7. The molecular formula is C40H44O7. The van der Waals surface area contributed by atoms with Crippen molar-refractivity contribution >= 4 is 17.5 Å². The lowest BCUT2D eigenvalue weighted by molar-refractivity contribution is -0.135. The molecule has 5 unspecified atom stereocenters. The molecule has 0 amide bonds. The molecule has 6 aliphatic rings. The second kappa shape index (κ2) is 12.9. The molecule has 2 aliphatic heterocycles. The first-order valence-electron chi connectivity index (χ1n) is 17.4. The van der Waals surface area contributed by atoms with E-state index >= 15 is 0 Å². The number of aromatic hydroxyl groups is 1. The largest absolute Gasteiger partial charge is 0.508 e. The number of esters is 2. The van der Waals surface area contributed by atoms with Crippen molar-refractivity contribution in [2.75, 3.05) is 13.2 Å². The average molecular weight is 637 g/mol. The first-order chi connectivity index (χ1) is 22.9. The fourth-order valence-corrected chi connectivity index (χ4v) is 9.26. The van der Waals surface area contributed by atoms with Crippen molar-refractivity contribution in [3.8, 4) is 16.9 Å². The fraction of sp³-hybridized carbons (Fsp3) is 0.450. The third kappa shape index (κ3) is 5.19. The molecule has 8 rings (SSSR count). The molecule has 2 bridgehead atoms. The zero-order valence-electron chi connectivity index (χ0n) is 27.0. The van der Waals surface area contributed by atoms with Crippen LogP contribution in [0.25, 0.3) is 16.7 Å². The van der Waals surface area contributed by atoms with Crippen molar-refractivity contribution in [3.05, 3.63) is 94.5 Å². The number of ether oxygens (including phenoxy) is 2. The van der Waals surface area contributed by atoms with E-state index in [1.807, 2.05) is 42.5 Å². The molecule has 2 heterocycles. The topological polar surface area (TPSA) is 113 Å². The van der Waals surface area contributed by atoms with Crippen molar-refractivity contribution in [1.82, 2.24) is 0 Å². The minimum Gasteiger partial charge on any atom is -0.508 e. The molecule has 5 atom stereocenters. The highest BCUT2D eigenvalue weighted by molar-refractivity contribution is 6.07. The van der Waals surface area contributed by atoms with Gasteiger partial charge in [-0.1, -0.05) is 56.2 Å². The number of aliphatic hydroxyl groups excluding tert-OH is 2. The van der Waals surface area contributed by atoms with Crippen molar-refractivity contribution < 1.29 is 34.4 Å². The second-order valence-corrected chi connectivity index (χ2v) is 13.8. The summed E-state index contributed by atoms with van der Waals surface area (Å²) in [5.41, 5.74) is 5.27. The molecule has 2 fully saturated rings. The van der Waals surface area contributed by atoms with E-state index in [-0.39, 0.29) is 54.6 Å². The smallest absolute Gasteiger partial charge is 0.340 e. The van der Waals surface area contributed by atoms with Crippen molar-refractivity contribution in [2.45, 2.75) is 71.1 Å². The van der Waals surface area contributed by atoms with Gasteiger partial charge < -0.3 is 24.8 Å². The third-order valence-electron chi connectivity index (χ3n) is 11.3. The summed E-state index contributed by atoms with van der Waals surface area (Å²) in [4.78, 5) is 28.1. The summed E-state index contributed by atoms with van der Waals surface area (Å²) in [5.74, 6) is 0.617. The summed E-state index contributed by atoms with van der Waals surface area (Å²) in [5, 5.41) is 29.9. The van der Waals surface area contributed by atoms with Crippen LogP contribution in [0.1, 0.15) is 76.7 Å². The van der Waals surface area contributed by atoms with Gasteiger partial charge in [0.2, 0.25) is 0 Å². The number of carbonyl (C=O) groups excluding carboxylic acids is 2. The lowest BCUT2D eigenvalue weighted by Gasteiger charge is -2.56. The molecule has 2 aromatic rings. The SMILES string of the molecule is CCCC=C1OC(=O)C2=C(c3cc(O)ccc3-c3ccccc3)C3CCC12C1C2=C(CCC31)C(=CCC(CO)CCCCO)OC2=O. The van der Waals surface area contributed by atoms with E-state index < -0.39 is 5.41 Å². The van der Waals surface area contributed by atoms with Gasteiger partial charge in [0.25, 0.3) is 0 Å². The number of aliphatic hydroxyl groups is 2. The predicted octanol–water partition coefficient (Wildman–Crippen LogP) is 7.39. The molecule has 4 aliphatic carbocycles. The molecule has 7 nitrogen and oxygen atoms in total. The second-order valence-electron chi connectivity index (χ2n) is 13.8. The molecule has 246 valence electrons. The van der Waals surface area contributed by atoms with Crippen molar-refractivity contribution in [2.24, 2.45) is 29.1 Å². The number of hydrogen-bond acceptors (Lipinski definition) is 7. The lowest BCUT2D eigenvalue weighted by atomic mass is 9.44. The molecule has 1 saturated heterocycles. The molecule has 7 heteroatoms. The predicted molar refractivity (Wildman–Crippen MR) is 178 cm³/mol. The number of rotatable bonds is 11. The van der Waals surface area contributed by atoms with Crippen LogP contribution >= 0.6 is 0 Å². The molecule has 47 heavy (non-hydrogen) atoms. The van der Waals surface area contributed by atoms with E-state index in [0.29, 0.717) is 48.3 Å². The number of unbranched alkanes of at least 4 members (excludes halogenated alkanes) is 2. The van der Waals surface area contributed by atoms with Crippen LogP contribution in [0.2, 0.25) is 0 Å². The van der Waals surface area contributed by atoms with Crippen LogP contribution in [-0.2, 0) is 19.1 Å². The van der Waals surface area contributed by atoms with Crippen LogP contribution in [-0.4, -0.2) is 40.5 Å². The van der Waals surface area contributed by atoms with Crippen LogP contribution in [0.15, 0.2) is 88.9 Å². The fourth-order valence-electron chi connectivity index (χ4n) is 9.26. The van der Waals surface area contributed by atoms with Gasteiger partial charge in [-0.3, -0.25) is 0 Å². The van der Waals surface area contributed by atoms with Gasteiger partial charge in [0, 0.05) is 30.3 Å². The van der Waals surface area contributed by atoms with Gasteiger partial charge in [0.05, 0.1) is 11.0 Å². The highest BCUT2D eigenvalue weighted by Gasteiger charge is 2.68. The minimum absolute atomic E-state index is 0.0133. The maximum absolute atomic E-state index is 14.1. The van der Waals surface area contributed by atoms with Gasteiger partial charge in [-0.05, 0) is 116 Å². The van der Waals surface area contributed by atoms with E-state index in [9.17, 15) is 24.9 Å². The zero-order chi connectivity index (χ0) is 32.7. The first kappa shape index (κ1) is 31.6. The normalized spacial score (nSPS) is 28.4. The number of hydrogen-bond donors (Lipinski definition) is 3. The van der Waals surface area contributed by atoms with E-state index in [0.717, 1.165) is 66.4 Å². The van der Waals surface area contributed by atoms with Gasteiger partial charge in [-0.2, -0.15) is 0 Å². The summed E-state index contributed by atoms with van der Waals surface area (Å²) in [6, 6.07) is 15.5. The van der Waals surface area contributed by atoms with E-state index in [4.69, 9.17) is 9.47 Å². The number of carbonyl (C=O) groups is 2. The van der Waals surface area contributed by atoms with Gasteiger partial charge in [-0.25, -0.2) is 9.59 Å². The monoisotopic (exact) mass is 636 g/mol. The Morgan fingerprint density at radius 1 is 0.957 bits per heavy atom.